The van der Waals surface area contributed by atoms with Gasteiger partial charge in [-0.2, -0.15) is 0 Å². The molecule has 0 aliphatic carbocycles. The summed E-state index contributed by atoms with van der Waals surface area (Å²) in [4.78, 5) is 20.2. The molecule has 20 heavy (non-hydrogen) atoms. The Morgan fingerprint density at radius 1 is 1.40 bits per heavy atom. The standard InChI is InChI=1S/C14H22N4O2/c1-14(2,10-15)18-7-5-17(6-8-18)13(20)11-3-4-16-9-12(11)19/h3-4,9,19H,5-8,10,15H2,1-2H3. The number of hydrogen-bond donors (Lipinski definition) is 2. The second-order valence-electron chi connectivity index (χ2n) is 5.69. The lowest BCUT2D eigenvalue weighted by molar-refractivity contribution is 0.0424. The fourth-order valence-electron chi connectivity index (χ4n) is 2.38. The van der Waals surface area contributed by atoms with E-state index in [1.807, 2.05) is 0 Å². The molecular weight excluding hydrogens is 256 g/mol. The van der Waals surface area contributed by atoms with Gasteiger partial charge >= 0.3 is 0 Å². The van der Waals surface area contributed by atoms with Gasteiger partial charge in [0.25, 0.3) is 5.91 Å². The van der Waals surface area contributed by atoms with Crippen molar-refractivity contribution in [3.63, 3.8) is 0 Å². The normalized spacial score (nSPS) is 17.2. The summed E-state index contributed by atoms with van der Waals surface area (Å²) in [5, 5.41) is 9.69. The van der Waals surface area contributed by atoms with Crippen LogP contribution in [0, 0.1) is 0 Å². The Morgan fingerprint density at radius 2 is 2.05 bits per heavy atom. The molecular formula is C14H22N4O2. The molecule has 3 N–H and O–H groups in total. The third-order valence-electron chi connectivity index (χ3n) is 3.95. The Labute approximate surface area is 119 Å². The lowest BCUT2D eigenvalue weighted by atomic mass is 10.0. The van der Waals surface area contributed by atoms with Crippen LogP contribution in [0.25, 0.3) is 0 Å². The number of nitrogens with zero attached hydrogens (tertiary/aromatic N) is 3. The minimum atomic E-state index is -0.143. The van der Waals surface area contributed by atoms with Crippen molar-refractivity contribution in [3.05, 3.63) is 24.0 Å². The van der Waals surface area contributed by atoms with Crippen LogP contribution in [0.3, 0.4) is 0 Å². The van der Waals surface area contributed by atoms with Crippen LogP contribution in [0.5, 0.6) is 5.75 Å². The molecule has 0 radical (unpaired) electrons. The van der Waals surface area contributed by atoms with Gasteiger partial charge in [-0.05, 0) is 19.9 Å². The molecule has 2 rings (SSSR count). The molecule has 0 spiro atoms. The van der Waals surface area contributed by atoms with Gasteiger partial charge < -0.3 is 15.7 Å². The number of amides is 1. The molecule has 0 bridgehead atoms. The van der Waals surface area contributed by atoms with Gasteiger partial charge in [-0.25, -0.2) is 0 Å². The molecule has 1 aliphatic rings. The number of pyridine rings is 1. The first-order chi connectivity index (χ1) is 9.45. The van der Waals surface area contributed by atoms with E-state index in [-0.39, 0.29) is 17.2 Å². The predicted octanol–water partition coefficient (Wildman–Crippen LogP) is 0.282. The van der Waals surface area contributed by atoms with Crippen LogP contribution in [0.1, 0.15) is 24.2 Å². The van der Waals surface area contributed by atoms with Gasteiger partial charge in [-0.1, -0.05) is 0 Å². The van der Waals surface area contributed by atoms with Crippen LogP contribution in [-0.2, 0) is 0 Å². The molecule has 110 valence electrons. The SMILES string of the molecule is CC(C)(CN)N1CCN(C(=O)c2ccncc2O)CC1. The molecule has 0 saturated carbocycles. The first-order valence-corrected chi connectivity index (χ1v) is 6.83. The molecule has 1 aromatic heterocycles. The maximum atomic E-state index is 12.3. The Hall–Kier alpha value is -1.66. The van der Waals surface area contributed by atoms with Crippen molar-refractivity contribution in [3.8, 4) is 5.75 Å². The van der Waals surface area contributed by atoms with Crippen LogP contribution < -0.4 is 5.73 Å². The molecule has 1 amide bonds. The van der Waals surface area contributed by atoms with Gasteiger partial charge in [0.1, 0.15) is 5.75 Å². The molecule has 6 nitrogen and oxygen atoms in total. The predicted molar refractivity (Wildman–Crippen MR) is 76.5 cm³/mol. The van der Waals surface area contributed by atoms with E-state index < -0.39 is 0 Å². The second kappa shape index (κ2) is 5.76. The van der Waals surface area contributed by atoms with Crippen molar-refractivity contribution in [1.82, 2.24) is 14.8 Å². The van der Waals surface area contributed by atoms with E-state index in [0.717, 1.165) is 13.1 Å². The highest BCUT2D eigenvalue weighted by molar-refractivity contribution is 5.96. The van der Waals surface area contributed by atoms with E-state index in [1.54, 1.807) is 11.0 Å². The Morgan fingerprint density at radius 3 is 2.60 bits per heavy atom. The smallest absolute Gasteiger partial charge is 0.257 e. The maximum Gasteiger partial charge on any atom is 0.257 e. The lowest BCUT2D eigenvalue weighted by Gasteiger charge is -2.43. The molecule has 0 unspecified atom stereocenters. The highest BCUT2D eigenvalue weighted by Crippen LogP contribution is 2.20. The average Bonchev–Trinajstić information content (AvgIpc) is 2.47. The maximum absolute atomic E-state index is 12.3. The summed E-state index contributed by atoms with van der Waals surface area (Å²) in [6.07, 6.45) is 2.81. The van der Waals surface area contributed by atoms with Gasteiger partial charge in [-0.15, -0.1) is 0 Å². The summed E-state index contributed by atoms with van der Waals surface area (Å²) in [6, 6.07) is 1.55. The highest BCUT2D eigenvalue weighted by atomic mass is 16.3. The number of aromatic hydroxyl groups is 1. The largest absolute Gasteiger partial charge is 0.505 e. The van der Waals surface area contributed by atoms with Crippen LogP contribution in [0.15, 0.2) is 18.5 Å². The Kier molecular flexibility index (Phi) is 4.25. The molecule has 6 heteroatoms. The number of piperazine rings is 1. The second-order valence-corrected chi connectivity index (χ2v) is 5.69. The summed E-state index contributed by atoms with van der Waals surface area (Å²) in [5.74, 6) is -0.211. The topological polar surface area (TPSA) is 82.7 Å². The third kappa shape index (κ3) is 2.91. The molecule has 1 aromatic rings. The van der Waals surface area contributed by atoms with Crippen molar-refractivity contribution in [2.24, 2.45) is 5.73 Å². The van der Waals surface area contributed by atoms with Crippen LogP contribution in [-0.4, -0.2) is 64.1 Å². The van der Waals surface area contributed by atoms with E-state index >= 15 is 0 Å². The third-order valence-corrected chi connectivity index (χ3v) is 3.95. The van der Waals surface area contributed by atoms with Gasteiger partial charge in [0.05, 0.1) is 11.8 Å². The van der Waals surface area contributed by atoms with E-state index in [4.69, 9.17) is 5.73 Å². The number of rotatable bonds is 3. The first-order valence-electron chi connectivity index (χ1n) is 6.83. The zero-order chi connectivity index (χ0) is 14.8. The zero-order valence-corrected chi connectivity index (χ0v) is 12.0. The summed E-state index contributed by atoms with van der Waals surface area (Å²) >= 11 is 0. The number of nitrogens with two attached hydrogens (primary N) is 1. The number of aromatic nitrogens is 1. The minimum absolute atomic E-state index is 0.0477. The van der Waals surface area contributed by atoms with Gasteiger partial charge in [-0.3, -0.25) is 14.7 Å². The molecule has 0 aromatic carbocycles. The van der Waals surface area contributed by atoms with Gasteiger partial charge in [0.2, 0.25) is 0 Å². The van der Waals surface area contributed by atoms with Crippen molar-refractivity contribution in [1.29, 1.82) is 0 Å². The molecule has 1 fully saturated rings. The van der Waals surface area contributed by atoms with Gasteiger partial charge in [0, 0.05) is 44.5 Å². The van der Waals surface area contributed by atoms with Crippen molar-refractivity contribution < 1.29 is 9.90 Å². The van der Waals surface area contributed by atoms with Crippen LogP contribution in [0.4, 0.5) is 0 Å². The lowest BCUT2D eigenvalue weighted by Crippen LogP contribution is -2.58. The summed E-state index contributed by atoms with van der Waals surface area (Å²) in [7, 11) is 0. The fraction of sp³-hybridized carbons (Fsp3) is 0.571. The van der Waals surface area contributed by atoms with Crippen molar-refractivity contribution in [2.45, 2.75) is 19.4 Å². The summed E-state index contributed by atoms with van der Waals surface area (Å²) < 4.78 is 0. The summed E-state index contributed by atoms with van der Waals surface area (Å²) in [6.45, 7) is 7.68. The highest BCUT2D eigenvalue weighted by Gasteiger charge is 2.30. The molecule has 0 atom stereocenters. The first kappa shape index (κ1) is 14.7. The van der Waals surface area contributed by atoms with Crippen molar-refractivity contribution >= 4 is 5.91 Å². The van der Waals surface area contributed by atoms with Crippen LogP contribution >= 0.6 is 0 Å². The van der Waals surface area contributed by atoms with E-state index in [0.29, 0.717) is 25.2 Å². The average molecular weight is 278 g/mol. The number of hydrogen-bond acceptors (Lipinski definition) is 5. The van der Waals surface area contributed by atoms with E-state index in [9.17, 15) is 9.90 Å². The molecule has 1 aliphatic heterocycles. The van der Waals surface area contributed by atoms with E-state index in [1.165, 1.54) is 12.4 Å². The van der Waals surface area contributed by atoms with Crippen molar-refractivity contribution in [2.75, 3.05) is 32.7 Å². The summed E-state index contributed by atoms with van der Waals surface area (Å²) in [5.41, 5.74) is 6.04. The van der Waals surface area contributed by atoms with E-state index in [2.05, 4.69) is 23.7 Å². The molecule has 1 saturated heterocycles. The van der Waals surface area contributed by atoms with Gasteiger partial charge in [0.15, 0.2) is 0 Å². The zero-order valence-electron chi connectivity index (χ0n) is 12.0. The number of carbonyl (C=O) groups excluding carboxylic acids is 1. The van der Waals surface area contributed by atoms with Crippen LogP contribution in [0.2, 0.25) is 0 Å². The fourth-order valence-corrected chi connectivity index (χ4v) is 2.38. The number of carbonyl (C=O) groups is 1. The monoisotopic (exact) mass is 278 g/mol. The minimum Gasteiger partial charge on any atom is -0.505 e. The molecule has 2 heterocycles. The Bertz CT molecular complexity index is 482. The Balaban J connectivity index is 2.01. The quantitative estimate of drug-likeness (QED) is 0.830.